The fourth-order valence-electron chi connectivity index (χ4n) is 3.41. The SMILES string of the molecule is CC(C)c1c(NCCO)c(O)c(C(=O)OCc2ccccc2)c(NCCO)c1NCCO. The van der Waals surface area contributed by atoms with Crippen molar-refractivity contribution in [3.8, 4) is 5.75 Å². The van der Waals surface area contributed by atoms with Crippen molar-refractivity contribution in [2.45, 2.75) is 26.4 Å². The zero-order chi connectivity index (χ0) is 23.5. The molecular weight excluding hydrogens is 414 g/mol. The van der Waals surface area contributed by atoms with Crippen molar-refractivity contribution >= 4 is 23.0 Å². The van der Waals surface area contributed by atoms with Crippen LogP contribution in [-0.2, 0) is 11.3 Å². The molecule has 32 heavy (non-hydrogen) atoms. The van der Waals surface area contributed by atoms with Crippen LogP contribution in [-0.4, -0.2) is 65.9 Å². The van der Waals surface area contributed by atoms with Crippen molar-refractivity contribution < 1.29 is 30.0 Å². The Morgan fingerprint density at radius 1 is 0.875 bits per heavy atom. The molecule has 0 saturated heterocycles. The fraction of sp³-hybridized carbons (Fsp3) is 0.435. The number of hydrogen-bond acceptors (Lipinski definition) is 9. The maximum atomic E-state index is 13.1. The van der Waals surface area contributed by atoms with E-state index in [4.69, 9.17) is 4.74 Å². The van der Waals surface area contributed by atoms with Gasteiger partial charge in [-0.3, -0.25) is 0 Å². The Morgan fingerprint density at radius 3 is 1.94 bits per heavy atom. The molecule has 2 aromatic carbocycles. The highest BCUT2D eigenvalue weighted by atomic mass is 16.5. The van der Waals surface area contributed by atoms with Gasteiger partial charge in [-0.25, -0.2) is 4.79 Å². The van der Waals surface area contributed by atoms with Crippen LogP contribution in [0.15, 0.2) is 30.3 Å². The first-order chi connectivity index (χ1) is 15.5. The molecule has 0 fully saturated rings. The first-order valence-corrected chi connectivity index (χ1v) is 10.6. The molecule has 0 heterocycles. The molecule has 0 radical (unpaired) electrons. The topological polar surface area (TPSA) is 143 Å². The molecule has 0 aliphatic heterocycles. The van der Waals surface area contributed by atoms with Crippen LogP contribution in [0.25, 0.3) is 0 Å². The summed E-state index contributed by atoms with van der Waals surface area (Å²) in [5.41, 5.74) is 2.45. The number of hydrogen-bond donors (Lipinski definition) is 7. The summed E-state index contributed by atoms with van der Waals surface area (Å²) in [6.45, 7) is 3.85. The van der Waals surface area contributed by atoms with Crippen LogP contribution in [0.2, 0.25) is 0 Å². The summed E-state index contributed by atoms with van der Waals surface area (Å²) in [4.78, 5) is 13.1. The minimum Gasteiger partial charge on any atom is -0.505 e. The number of nitrogens with one attached hydrogen (secondary N) is 3. The second-order valence-corrected chi connectivity index (χ2v) is 7.43. The van der Waals surface area contributed by atoms with Gasteiger partial charge in [-0.15, -0.1) is 0 Å². The molecule has 176 valence electrons. The monoisotopic (exact) mass is 447 g/mol. The van der Waals surface area contributed by atoms with E-state index in [0.717, 1.165) is 5.56 Å². The molecule has 0 aliphatic carbocycles. The lowest BCUT2D eigenvalue weighted by atomic mass is 9.93. The molecule has 0 atom stereocenters. The Balaban J connectivity index is 2.62. The van der Waals surface area contributed by atoms with E-state index >= 15 is 0 Å². The summed E-state index contributed by atoms with van der Waals surface area (Å²) in [5.74, 6) is -1.15. The molecule has 7 N–H and O–H groups in total. The number of esters is 1. The normalized spacial score (nSPS) is 10.8. The summed E-state index contributed by atoms with van der Waals surface area (Å²) in [6, 6.07) is 9.17. The van der Waals surface area contributed by atoms with Crippen molar-refractivity contribution in [3.05, 3.63) is 47.0 Å². The van der Waals surface area contributed by atoms with Gasteiger partial charge in [0, 0.05) is 25.2 Å². The molecule has 0 unspecified atom stereocenters. The Morgan fingerprint density at radius 2 is 1.41 bits per heavy atom. The number of benzene rings is 2. The zero-order valence-electron chi connectivity index (χ0n) is 18.5. The van der Waals surface area contributed by atoms with Gasteiger partial charge >= 0.3 is 5.97 Å². The third-order valence-corrected chi connectivity index (χ3v) is 4.75. The molecule has 2 aromatic rings. The number of phenols is 1. The molecule has 0 aromatic heterocycles. The van der Waals surface area contributed by atoms with E-state index in [1.54, 1.807) is 0 Å². The lowest BCUT2D eigenvalue weighted by Crippen LogP contribution is -2.20. The summed E-state index contributed by atoms with van der Waals surface area (Å²) in [6.07, 6.45) is 0. The highest BCUT2D eigenvalue weighted by molar-refractivity contribution is 6.06. The van der Waals surface area contributed by atoms with Crippen LogP contribution >= 0.6 is 0 Å². The molecule has 0 aliphatic rings. The summed E-state index contributed by atoms with van der Waals surface area (Å²) >= 11 is 0. The smallest absolute Gasteiger partial charge is 0.344 e. The zero-order valence-corrected chi connectivity index (χ0v) is 18.5. The third-order valence-electron chi connectivity index (χ3n) is 4.75. The molecular formula is C23H33N3O6. The number of aliphatic hydroxyl groups is 3. The predicted octanol–water partition coefficient (Wildman–Crippen LogP) is 2.09. The van der Waals surface area contributed by atoms with Crippen LogP contribution in [0, 0.1) is 0 Å². The number of carbonyl (C=O) groups is 1. The number of rotatable bonds is 13. The van der Waals surface area contributed by atoms with Gasteiger partial charge in [0.2, 0.25) is 0 Å². The molecule has 0 spiro atoms. The van der Waals surface area contributed by atoms with Gasteiger partial charge in [0.1, 0.15) is 12.2 Å². The van der Waals surface area contributed by atoms with Crippen LogP contribution in [0.4, 0.5) is 17.1 Å². The van der Waals surface area contributed by atoms with E-state index in [0.29, 0.717) is 16.9 Å². The van der Waals surface area contributed by atoms with E-state index < -0.39 is 5.97 Å². The first kappa shape index (κ1) is 25.3. The number of aliphatic hydroxyl groups excluding tert-OH is 3. The van der Waals surface area contributed by atoms with Crippen molar-refractivity contribution in [2.75, 3.05) is 55.4 Å². The maximum absolute atomic E-state index is 13.1. The van der Waals surface area contributed by atoms with E-state index in [2.05, 4.69) is 16.0 Å². The van der Waals surface area contributed by atoms with E-state index in [1.807, 2.05) is 44.2 Å². The molecule has 0 saturated carbocycles. The van der Waals surface area contributed by atoms with Crippen molar-refractivity contribution in [3.63, 3.8) is 0 Å². The summed E-state index contributed by atoms with van der Waals surface area (Å²) in [5, 5.41) is 48.3. The van der Waals surface area contributed by atoms with E-state index in [1.165, 1.54) is 0 Å². The minimum absolute atomic E-state index is 0.0172. The first-order valence-electron chi connectivity index (χ1n) is 10.6. The van der Waals surface area contributed by atoms with Crippen LogP contribution in [0.5, 0.6) is 5.75 Å². The number of ether oxygens (including phenoxy) is 1. The minimum atomic E-state index is -0.749. The predicted molar refractivity (Wildman–Crippen MR) is 124 cm³/mol. The Hall–Kier alpha value is -3.01. The van der Waals surface area contributed by atoms with Gasteiger partial charge in [-0.05, 0) is 11.5 Å². The van der Waals surface area contributed by atoms with Gasteiger partial charge in [0.05, 0.1) is 36.9 Å². The largest absolute Gasteiger partial charge is 0.505 e. The Labute approximate surface area is 188 Å². The van der Waals surface area contributed by atoms with Crippen LogP contribution in [0.3, 0.4) is 0 Å². The van der Waals surface area contributed by atoms with Crippen molar-refractivity contribution in [1.29, 1.82) is 0 Å². The van der Waals surface area contributed by atoms with Gasteiger partial charge in [0.15, 0.2) is 5.75 Å². The standard InChI is InChI=1S/C23H33N3O6/c1-15(2)17-19(24-8-11-27)20(25-9-12-28)18(22(30)21(17)26-10-13-29)23(31)32-14-16-6-4-3-5-7-16/h3-7,15,24-30H,8-14H2,1-2H3. The van der Waals surface area contributed by atoms with E-state index in [9.17, 15) is 25.2 Å². The maximum Gasteiger partial charge on any atom is 0.344 e. The van der Waals surface area contributed by atoms with Crippen LogP contribution in [0.1, 0.15) is 41.3 Å². The number of phenolic OH excluding ortho intramolecular Hbond substituents is 1. The molecule has 2 rings (SSSR count). The van der Waals surface area contributed by atoms with Gasteiger partial charge < -0.3 is 41.1 Å². The Kier molecular flexibility index (Phi) is 10.1. The highest BCUT2D eigenvalue weighted by Gasteiger charge is 2.29. The number of anilines is 3. The average molecular weight is 448 g/mol. The second-order valence-electron chi connectivity index (χ2n) is 7.43. The Bertz CT molecular complexity index is 874. The van der Waals surface area contributed by atoms with Crippen molar-refractivity contribution in [1.82, 2.24) is 0 Å². The molecule has 0 bridgehead atoms. The lowest BCUT2D eigenvalue weighted by molar-refractivity contribution is 0.0470. The quantitative estimate of drug-likeness (QED) is 0.139. The van der Waals surface area contributed by atoms with E-state index in [-0.39, 0.29) is 69.0 Å². The summed E-state index contributed by atoms with van der Waals surface area (Å²) in [7, 11) is 0. The van der Waals surface area contributed by atoms with Crippen LogP contribution < -0.4 is 16.0 Å². The highest BCUT2D eigenvalue weighted by Crippen LogP contribution is 2.47. The molecule has 0 amide bonds. The molecule has 9 heteroatoms. The summed E-state index contributed by atoms with van der Waals surface area (Å²) < 4.78 is 5.48. The number of carbonyl (C=O) groups excluding carboxylic acids is 1. The third kappa shape index (κ3) is 6.25. The van der Waals surface area contributed by atoms with Gasteiger partial charge in [-0.1, -0.05) is 44.2 Å². The van der Waals surface area contributed by atoms with Crippen molar-refractivity contribution in [2.24, 2.45) is 0 Å². The van der Waals surface area contributed by atoms with Gasteiger partial charge in [0.25, 0.3) is 0 Å². The lowest BCUT2D eigenvalue weighted by Gasteiger charge is -2.27. The molecule has 9 nitrogen and oxygen atoms in total. The van der Waals surface area contributed by atoms with Gasteiger partial charge in [-0.2, -0.15) is 0 Å². The second kappa shape index (κ2) is 12.7. The average Bonchev–Trinajstić information content (AvgIpc) is 2.79. The fourth-order valence-corrected chi connectivity index (χ4v) is 3.41. The number of aromatic hydroxyl groups is 1.